The number of furan rings is 2. The summed E-state index contributed by atoms with van der Waals surface area (Å²) in [4.78, 5) is 26.6. The van der Waals surface area contributed by atoms with E-state index >= 15 is 0 Å². The van der Waals surface area contributed by atoms with E-state index in [0.29, 0.717) is 86.1 Å². The number of aromatic hydroxyl groups is 2. The Bertz CT molecular complexity index is 2340. The van der Waals surface area contributed by atoms with Crippen molar-refractivity contribution in [1.29, 1.82) is 0 Å². The Morgan fingerprint density at radius 1 is 0.510 bits per heavy atom. The fraction of sp³-hybridized carbons (Fsp3) is 0.0732. The van der Waals surface area contributed by atoms with Gasteiger partial charge in [-0.1, -0.05) is 48.5 Å². The highest BCUT2D eigenvalue weighted by atomic mass is 16.5. The molecule has 2 aromatic heterocycles. The number of hydrogen-bond acceptors (Lipinski definition) is 8. The van der Waals surface area contributed by atoms with E-state index in [9.17, 15) is 19.8 Å². The molecule has 0 spiro atoms. The Balaban J connectivity index is 0.852. The number of phenols is 2. The van der Waals surface area contributed by atoms with Crippen LogP contribution in [0.25, 0.3) is 43.5 Å². The minimum absolute atomic E-state index is 0.0918. The summed E-state index contributed by atoms with van der Waals surface area (Å²) in [6, 6.07) is 31.6. The predicted octanol–water partition coefficient (Wildman–Crippen LogP) is 9.21. The van der Waals surface area contributed by atoms with E-state index in [2.05, 4.69) is 0 Å². The lowest BCUT2D eigenvalue weighted by Gasteiger charge is -2.09. The average Bonchev–Trinajstić information content (AvgIpc) is 3.76. The van der Waals surface area contributed by atoms with Crippen LogP contribution in [-0.2, 0) is 0 Å². The number of carbonyl (C=O) groups is 2. The number of ketones is 2. The minimum Gasteiger partial charge on any atom is -0.507 e. The van der Waals surface area contributed by atoms with E-state index in [1.165, 1.54) is 12.5 Å². The van der Waals surface area contributed by atoms with Gasteiger partial charge in [-0.05, 0) is 60.7 Å². The van der Waals surface area contributed by atoms with Gasteiger partial charge < -0.3 is 28.5 Å². The van der Waals surface area contributed by atoms with Crippen molar-refractivity contribution in [3.8, 4) is 23.0 Å². The van der Waals surface area contributed by atoms with Crippen LogP contribution in [0.4, 0.5) is 0 Å². The molecule has 0 bridgehead atoms. The number of ether oxygens (including phenoxy) is 2. The van der Waals surface area contributed by atoms with Crippen LogP contribution in [0.15, 0.2) is 131 Å². The topological polar surface area (TPSA) is 119 Å². The van der Waals surface area contributed by atoms with Gasteiger partial charge in [0.15, 0.2) is 11.6 Å². The summed E-state index contributed by atoms with van der Waals surface area (Å²) >= 11 is 0. The maximum atomic E-state index is 13.3. The molecule has 0 aliphatic heterocycles. The smallest absolute Gasteiger partial charge is 0.196 e. The quantitative estimate of drug-likeness (QED) is 0.111. The third-order valence-corrected chi connectivity index (χ3v) is 8.66. The highest BCUT2D eigenvalue weighted by Gasteiger charge is 2.20. The van der Waals surface area contributed by atoms with Crippen molar-refractivity contribution in [2.45, 2.75) is 6.42 Å². The largest absolute Gasteiger partial charge is 0.507 e. The van der Waals surface area contributed by atoms with Crippen molar-refractivity contribution >= 4 is 55.0 Å². The van der Waals surface area contributed by atoms with Crippen LogP contribution in [0, 0.1) is 0 Å². The molecule has 8 rings (SSSR count). The number of fused-ring (bicyclic) bond motifs is 6. The van der Waals surface area contributed by atoms with E-state index < -0.39 is 0 Å². The number of benzene rings is 6. The van der Waals surface area contributed by atoms with Gasteiger partial charge in [0.25, 0.3) is 0 Å². The number of hydrogen-bond donors (Lipinski definition) is 2. The molecular weight excluding hydrogens is 620 g/mol. The van der Waals surface area contributed by atoms with Gasteiger partial charge in [-0.15, -0.1) is 0 Å². The first-order valence-electron chi connectivity index (χ1n) is 15.8. The van der Waals surface area contributed by atoms with Crippen LogP contribution in [0.2, 0.25) is 0 Å². The molecule has 0 saturated heterocycles. The molecule has 0 unspecified atom stereocenters. The van der Waals surface area contributed by atoms with Crippen molar-refractivity contribution < 1.29 is 38.1 Å². The molecule has 49 heavy (non-hydrogen) atoms. The zero-order chi connectivity index (χ0) is 33.5. The molecule has 0 fully saturated rings. The van der Waals surface area contributed by atoms with Crippen molar-refractivity contribution in [3.63, 3.8) is 0 Å². The summed E-state index contributed by atoms with van der Waals surface area (Å²) in [5.41, 5.74) is 2.82. The van der Waals surface area contributed by atoms with Gasteiger partial charge in [-0.2, -0.15) is 0 Å². The highest BCUT2D eigenvalue weighted by molar-refractivity contribution is 6.21. The Hall–Kier alpha value is -6.54. The molecule has 8 aromatic rings. The molecule has 240 valence electrons. The molecule has 8 heteroatoms. The molecule has 0 aliphatic rings. The molecule has 0 atom stereocenters. The Morgan fingerprint density at radius 3 is 1.31 bits per heavy atom. The first kappa shape index (κ1) is 29.8. The van der Waals surface area contributed by atoms with Crippen LogP contribution in [-0.4, -0.2) is 35.0 Å². The molecule has 2 N–H and O–H groups in total. The lowest BCUT2D eigenvalue weighted by molar-refractivity contribution is 0.103. The van der Waals surface area contributed by atoms with Gasteiger partial charge in [0.1, 0.15) is 46.7 Å². The zero-order valence-corrected chi connectivity index (χ0v) is 26.0. The molecule has 0 radical (unpaired) electrons. The highest BCUT2D eigenvalue weighted by Crippen LogP contribution is 2.37. The van der Waals surface area contributed by atoms with Gasteiger partial charge in [0.05, 0.1) is 24.3 Å². The molecule has 8 nitrogen and oxygen atoms in total. The van der Waals surface area contributed by atoms with E-state index in [4.69, 9.17) is 18.3 Å². The van der Waals surface area contributed by atoms with Gasteiger partial charge >= 0.3 is 0 Å². The molecule has 6 aromatic carbocycles. The first-order valence-corrected chi connectivity index (χ1v) is 15.8. The third-order valence-electron chi connectivity index (χ3n) is 8.66. The SMILES string of the molecule is O=C(c1ccc(OCCCOc2ccc(C(=O)c3coc4c3cc(O)c3ccccc34)cc2)cc1)c1coc2c1cc(O)c1ccccc12. The Morgan fingerprint density at radius 2 is 0.898 bits per heavy atom. The summed E-state index contributed by atoms with van der Waals surface area (Å²) in [6.45, 7) is 0.801. The first-order chi connectivity index (χ1) is 24.0. The van der Waals surface area contributed by atoms with Crippen LogP contribution < -0.4 is 9.47 Å². The van der Waals surface area contributed by atoms with Crippen molar-refractivity contribution in [2.75, 3.05) is 13.2 Å². The number of rotatable bonds is 10. The summed E-state index contributed by atoms with van der Waals surface area (Å²) < 4.78 is 23.2. The van der Waals surface area contributed by atoms with Gasteiger partial charge in [-0.25, -0.2) is 0 Å². The molecular formula is C41H28O8. The zero-order valence-electron chi connectivity index (χ0n) is 26.0. The third kappa shape index (κ3) is 5.39. The summed E-state index contributed by atoms with van der Waals surface area (Å²) in [5.74, 6) is 0.990. The standard InChI is InChI=1S/C41H28O8/c42-36-20-32-34(22-48-40(32)30-8-3-1-6-28(30)36)38(44)24-10-14-26(15-11-24)46-18-5-19-47-27-16-12-25(13-17-27)39(45)35-23-49-41-31-9-4-2-7-29(31)37(43)21-33(35)41/h1-4,6-17,20-23,42-43H,5,18-19H2. The van der Waals surface area contributed by atoms with E-state index in [1.54, 1.807) is 72.8 Å². The molecule has 0 amide bonds. The maximum absolute atomic E-state index is 13.3. The van der Waals surface area contributed by atoms with Crippen LogP contribution in [0.5, 0.6) is 23.0 Å². The summed E-state index contributed by atoms with van der Waals surface area (Å²) in [7, 11) is 0. The maximum Gasteiger partial charge on any atom is 0.196 e. The summed E-state index contributed by atoms with van der Waals surface area (Å²) in [6.07, 6.45) is 3.48. The predicted molar refractivity (Wildman–Crippen MR) is 186 cm³/mol. The minimum atomic E-state index is -0.216. The van der Waals surface area contributed by atoms with E-state index in [1.807, 2.05) is 36.4 Å². The second-order valence-electron chi connectivity index (χ2n) is 11.7. The van der Waals surface area contributed by atoms with Gasteiger partial charge in [0.2, 0.25) is 0 Å². The van der Waals surface area contributed by atoms with Crippen LogP contribution in [0.3, 0.4) is 0 Å². The second kappa shape index (κ2) is 12.2. The number of carbonyl (C=O) groups excluding carboxylic acids is 2. The Kier molecular flexibility index (Phi) is 7.45. The lowest BCUT2D eigenvalue weighted by atomic mass is 10.00. The molecule has 0 saturated carbocycles. The van der Waals surface area contributed by atoms with Gasteiger partial charge in [-0.3, -0.25) is 9.59 Å². The van der Waals surface area contributed by atoms with Gasteiger partial charge in [0, 0.05) is 49.9 Å². The van der Waals surface area contributed by atoms with Crippen molar-refractivity contribution in [3.05, 3.63) is 144 Å². The lowest BCUT2D eigenvalue weighted by Crippen LogP contribution is -2.06. The van der Waals surface area contributed by atoms with Crippen molar-refractivity contribution in [2.24, 2.45) is 0 Å². The average molecular weight is 649 g/mol. The molecule has 2 heterocycles. The summed E-state index contributed by atoms with van der Waals surface area (Å²) in [5, 5.41) is 25.0. The molecule has 0 aliphatic carbocycles. The van der Waals surface area contributed by atoms with E-state index in [-0.39, 0.29) is 23.1 Å². The van der Waals surface area contributed by atoms with Crippen molar-refractivity contribution in [1.82, 2.24) is 0 Å². The van der Waals surface area contributed by atoms with E-state index in [0.717, 1.165) is 10.8 Å². The Labute approximate surface area is 279 Å². The fourth-order valence-corrected chi connectivity index (χ4v) is 6.18. The fourth-order valence-electron chi connectivity index (χ4n) is 6.18. The number of phenolic OH excluding ortho intramolecular Hbond substituents is 2. The van der Waals surface area contributed by atoms with Crippen LogP contribution in [0.1, 0.15) is 38.3 Å². The second-order valence-corrected chi connectivity index (χ2v) is 11.7. The monoisotopic (exact) mass is 648 g/mol. The van der Waals surface area contributed by atoms with Crippen LogP contribution >= 0.6 is 0 Å². The normalized spacial score (nSPS) is 11.4.